The molecule has 0 aliphatic carbocycles. The molecule has 1 aliphatic heterocycles. The minimum Gasteiger partial charge on any atom is -0.344 e. The van der Waals surface area contributed by atoms with E-state index in [1.807, 2.05) is 0 Å². The number of aryl methyl sites for hydroxylation is 1. The molecule has 2 amide bonds. The lowest BCUT2D eigenvalue weighted by atomic mass is 10.1. The van der Waals surface area contributed by atoms with Gasteiger partial charge in [0.15, 0.2) is 11.7 Å². The van der Waals surface area contributed by atoms with Crippen molar-refractivity contribution in [3.05, 3.63) is 10.6 Å². The van der Waals surface area contributed by atoms with E-state index in [1.54, 1.807) is 21.0 Å². The molecule has 21 heavy (non-hydrogen) atoms. The first-order valence-electron chi connectivity index (χ1n) is 7.30. The number of carbonyl (C=O) groups is 2. The number of hydrogen-bond donors (Lipinski definition) is 2. The summed E-state index contributed by atoms with van der Waals surface area (Å²) in [5.41, 5.74) is 0.666. The lowest BCUT2D eigenvalue weighted by molar-refractivity contribution is -0.896. The van der Waals surface area contributed by atoms with Crippen LogP contribution >= 0.6 is 11.3 Å². The van der Waals surface area contributed by atoms with Gasteiger partial charge < -0.3 is 9.80 Å². The van der Waals surface area contributed by atoms with Gasteiger partial charge >= 0.3 is 0 Å². The van der Waals surface area contributed by atoms with Gasteiger partial charge in [0, 0.05) is 14.1 Å². The van der Waals surface area contributed by atoms with Crippen molar-refractivity contribution >= 4 is 28.3 Å². The molecule has 6 nitrogen and oxygen atoms in total. The van der Waals surface area contributed by atoms with Crippen molar-refractivity contribution in [1.82, 2.24) is 9.88 Å². The fourth-order valence-electron chi connectivity index (χ4n) is 2.47. The van der Waals surface area contributed by atoms with E-state index in [1.165, 1.54) is 40.4 Å². The summed E-state index contributed by atoms with van der Waals surface area (Å²) < 4.78 is 0. The minimum atomic E-state index is -0.0767. The molecule has 0 spiro atoms. The number of hydrogen-bond acceptors (Lipinski definition) is 4. The average molecular weight is 311 g/mol. The number of likely N-dealkylation sites (tertiary alicyclic amines) is 1. The molecule has 1 saturated heterocycles. The SMILES string of the molecule is Cc1nc(NC(=O)C[NH+]2CCCCC2)sc1C(=O)N(C)C. The van der Waals surface area contributed by atoms with E-state index in [-0.39, 0.29) is 11.8 Å². The van der Waals surface area contributed by atoms with Crippen LogP contribution in [0, 0.1) is 6.92 Å². The highest BCUT2D eigenvalue weighted by Crippen LogP contribution is 2.23. The van der Waals surface area contributed by atoms with Crippen LogP contribution in [-0.2, 0) is 4.79 Å². The van der Waals surface area contributed by atoms with Crippen LogP contribution in [0.25, 0.3) is 0 Å². The topological polar surface area (TPSA) is 66.7 Å². The molecule has 1 aromatic heterocycles. The van der Waals surface area contributed by atoms with E-state index < -0.39 is 0 Å². The Balaban J connectivity index is 1.94. The number of carbonyl (C=O) groups excluding carboxylic acids is 2. The average Bonchev–Trinajstić information content (AvgIpc) is 2.79. The van der Waals surface area contributed by atoms with Gasteiger partial charge in [0.25, 0.3) is 11.8 Å². The van der Waals surface area contributed by atoms with Gasteiger partial charge in [-0.2, -0.15) is 0 Å². The summed E-state index contributed by atoms with van der Waals surface area (Å²) in [7, 11) is 3.42. The molecule has 2 heterocycles. The highest BCUT2D eigenvalue weighted by molar-refractivity contribution is 7.17. The van der Waals surface area contributed by atoms with E-state index in [0.29, 0.717) is 22.2 Å². The van der Waals surface area contributed by atoms with Crippen LogP contribution in [0.3, 0.4) is 0 Å². The van der Waals surface area contributed by atoms with Gasteiger partial charge in [0.2, 0.25) is 0 Å². The number of aromatic nitrogens is 1. The summed E-state index contributed by atoms with van der Waals surface area (Å²) >= 11 is 1.24. The molecule has 2 rings (SSSR count). The van der Waals surface area contributed by atoms with Gasteiger partial charge in [0.05, 0.1) is 18.8 Å². The summed E-state index contributed by atoms with van der Waals surface area (Å²) in [6, 6.07) is 0. The zero-order chi connectivity index (χ0) is 15.4. The Morgan fingerprint density at radius 1 is 1.29 bits per heavy atom. The van der Waals surface area contributed by atoms with Crippen molar-refractivity contribution < 1.29 is 14.5 Å². The zero-order valence-corrected chi connectivity index (χ0v) is 13.7. The van der Waals surface area contributed by atoms with Crippen molar-refractivity contribution in [2.45, 2.75) is 26.2 Å². The molecule has 116 valence electrons. The molecule has 0 bridgehead atoms. The zero-order valence-electron chi connectivity index (χ0n) is 12.9. The second-order valence-electron chi connectivity index (χ2n) is 5.67. The van der Waals surface area contributed by atoms with Crippen molar-refractivity contribution in [2.24, 2.45) is 0 Å². The lowest BCUT2D eigenvalue weighted by Gasteiger charge is -2.22. The summed E-state index contributed by atoms with van der Waals surface area (Å²) in [4.78, 5) is 31.7. The summed E-state index contributed by atoms with van der Waals surface area (Å²) in [5, 5.41) is 3.33. The lowest BCUT2D eigenvalue weighted by Crippen LogP contribution is -3.13. The third-order valence-corrected chi connectivity index (χ3v) is 4.68. The predicted octanol–water partition coefficient (Wildman–Crippen LogP) is 0.161. The quantitative estimate of drug-likeness (QED) is 0.832. The van der Waals surface area contributed by atoms with Crippen LogP contribution in [-0.4, -0.2) is 55.4 Å². The molecular weight excluding hydrogens is 288 g/mol. The van der Waals surface area contributed by atoms with Gasteiger partial charge in [-0.3, -0.25) is 14.9 Å². The second-order valence-corrected chi connectivity index (χ2v) is 6.67. The molecule has 0 unspecified atom stereocenters. The Kier molecular flexibility index (Phi) is 5.30. The van der Waals surface area contributed by atoms with Gasteiger partial charge in [-0.25, -0.2) is 4.98 Å². The number of rotatable bonds is 4. The van der Waals surface area contributed by atoms with Gasteiger partial charge in [-0.1, -0.05) is 11.3 Å². The third-order valence-electron chi connectivity index (χ3n) is 3.61. The first-order valence-corrected chi connectivity index (χ1v) is 8.11. The molecule has 0 radical (unpaired) electrons. The largest absolute Gasteiger partial charge is 0.344 e. The van der Waals surface area contributed by atoms with E-state index in [0.717, 1.165) is 13.1 Å². The number of thiazole rings is 1. The Hall–Kier alpha value is -1.47. The molecule has 1 aromatic rings. The summed E-state index contributed by atoms with van der Waals surface area (Å²) in [6.07, 6.45) is 3.66. The van der Waals surface area contributed by atoms with Crippen molar-refractivity contribution in [3.63, 3.8) is 0 Å². The van der Waals surface area contributed by atoms with E-state index in [9.17, 15) is 9.59 Å². The van der Waals surface area contributed by atoms with E-state index in [4.69, 9.17) is 0 Å². The van der Waals surface area contributed by atoms with Crippen molar-refractivity contribution in [1.29, 1.82) is 0 Å². The van der Waals surface area contributed by atoms with Crippen molar-refractivity contribution in [3.8, 4) is 0 Å². The maximum absolute atomic E-state index is 12.0. The molecular formula is C14H23N4O2S+. The van der Waals surface area contributed by atoms with Crippen LogP contribution in [0.5, 0.6) is 0 Å². The fourth-order valence-corrected chi connectivity index (χ4v) is 3.47. The maximum atomic E-state index is 12.0. The van der Waals surface area contributed by atoms with Crippen LogP contribution in [0.1, 0.15) is 34.6 Å². The molecule has 1 fully saturated rings. The van der Waals surface area contributed by atoms with Crippen molar-refractivity contribution in [2.75, 3.05) is 39.0 Å². The highest BCUT2D eigenvalue weighted by Gasteiger charge is 2.20. The van der Waals surface area contributed by atoms with Gasteiger partial charge in [-0.05, 0) is 26.2 Å². The van der Waals surface area contributed by atoms with E-state index >= 15 is 0 Å². The standard InChI is InChI=1S/C14H22N4O2S/c1-10-12(13(20)17(2)3)21-14(15-10)16-11(19)9-18-7-5-4-6-8-18/h4-9H2,1-3H3,(H,15,16,19)/p+1. The van der Waals surface area contributed by atoms with Crippen LogP contribution in [0.4, 0.5) is 5.13 Å². The Morgan fingerprint density at radius 2 is 1.95 bits per heavy atom. The van der Waals surface area contributed by atoms with Gasteiger partial charge in [-0.15, -0.1) is 0 Å². The minimum absolute atomic E-state index is 0.0236. The molecule has 0 atom stereocenters. The Morgan fingerprint density at radius 3 is 2.57 bits per heavy atom. The Labute approximate surface area is 129 Å². The number of piperidine rings is 1. The van der Waals surface area contributed by atoms with Crippen LogP contribution < -0.4 is 10.2 Å². The Bertz CT molecular complexity index is 521. The number of quaternary nitrogens is 1. The highest BCUT2D eigenvalue weighted by atomic mass is 32.1. The molecule has 2 N–H and O–H groups in total. The fraction of sp³-hybridized carbons (Fsp3) is 0.643. The number of nitrogens with zero attached hydrogens (tertiary/aromatic N) is 2. The second kappa shape index (κ2) is 7.00. The number of anilines is 1. The first-order chi connectivity index (χ1) is 9.97. The number of nitrogens with one attached hydrogen (secondary N) is 2. The molecule has 7 heteroatoms. The van der Waals surface area contributed by atoms with E-state index in [2.05, 4.69) is 10.3 Å². The summed E-state index contributed by atoms with van der Waals surface area (Å²) in [6.45, 7) is 4.40. The first kappa shape index (κ1) is 15.9. The van der Waals surface area contributed by atoms with Crippen LogP contribution in [0.2, 0.25) is 0 Å². The third kappa shape index (κ3) is 4.25. The molecule has 0 aromatic carbocycles. The molecule has 0 saturated carbocycles. The monoisotopic (exact) mass is 311 g/mol. The maximum Gasteiger partial charge on any atom is 0.281 e. The molecule has 1 aliphatic rings. The van der Waals surface area contributed by atoms with Crippen LogP contribution in [0.15, 0.2) is 0 Å². The van der Waals surface area contributed by atoms with Gasteiger partial charge in [0.1, 0.15) is 4.88 Å². The summed E-state index contributed by atoms with van der Waals surface area (Å²) in [5.74, 6) is -0.100. The number of amides is 2. The smallest absolute Gasteiger partial charge is 0.281 e. The normalized spacial score (nSPS) is 15.8. The predicted molar refractivity (Wildman–Crippen MR) is 82.9 cm³/mol.